The molecule has 21 heavy (non-hydrogen) atoms. The van der Waals surface area contributed by atoms with Gasteiger partial charge >= 0.3 is 0 Å². The highest BCUT2D eigenvalue weighted by molar-refractivity contribution is 7.91. The lowest BCUT2D eigenvalue weighted by Gasteiger charge is -2.33. The minimum atomic E-state index is -3.18. The molecule has 1 atom stereocenters. The van der Waals surface area contributed by atoms with E-state index >= 15 is 0 Å². The van der Waals surface area contributed by atoms with E-state index in [-0.39, 0.29) is 23.6 Å². The van der Waals surface area contributed by atoms with E-state index < -0.39 is 39.1 Å². The molecule has 1 aliphatic rings. The van der Waals surface area contributed by atoms with Crippen molar-refractivity contribution >= 4 is 21.4 Å². The fourth-order valence-corrected chi connectivity index (χ4v) is 3.86. The highest BCUT2D eigenvalue weighted by Gasteiger charge is 2.32. The molecule has 116 valence electrons. The summed E-state index contributed by atoms with van der Waals surface area (Å²) in [5.74, 6) is 2.08. The predicted octanol–water partition coefficient (Wildman–Crippen LogP) is 0.509. The summed E-state index contributed by atoms with van der Waals surface area (Å²) in [5.41, 5.74) is 1.16. The standard InChI is InChI=1S/C12H15F2N3O3S/c1-7-6-21(19,20)3-2-17(7)12(18)8-4-9(13)11(16-15)10(14)5-8/h4-5,7,16H,2-3,6,15H2,1H3. The molecule has 0 aliphatic carbocycles. The number of nitrogens with one attached hydrogen (secondary N) is 1. The molecule has 1 amide bonds. The molecule has 3 N–H and O–H groups in total. The second kappa shape index (κ2) is 5.57. The Morgan fingerprint density at radius 2 is 1.95 bits per heavy atom. The van der Waals surface area contributed by atoms with Crippen LogP contribution in [-0.2, 0) is 9.84 Å². The van der Waals surface area contributed by atoms with Gasteiger partial charge in [-0.05, 0) is 19.1 Å². The molecule has 1 aromatic rings. The Hall–Kier alpha value is -1.74. The maximum Gasteiger partial charge on any atom is 0.254 e. The van der Waals surface area contributed by atoms with Crippen molar-refractivity contribution in [1.82, 2.24) is 4.90 Å². The van der Waals surface area contributed by atoms with Gasteiger partial charge in [0.05, 0.1) is 11.5 Å². The average molecular weight is 319 g/mol. The van der Waals surface area contributed by atoms with E-state index in [4.69, 9.17) is 5.84 Å². The molecule has 0 bridgehead atoms. The maximum absolute atomic E-state index is 13.6. The van der Waals surface area contributed by atoms with Crippen molar-refractivity contribution in [3.05, 3.63) is 29.3 Å². The zero-order valence-electron chi connectivity index (χ0n) is 11.3. The third-order valence-electron chi connectivity index (χ3n) is 3.36. The molecular weight excluding hydrogens is 304 g/mol. The highest BCUT2D eigenvalue weighted by atomic mass is 32.2. The number of halogens is 2. The summed E-state index contributed by atoms with van der Waals surface area (Å²) in [7, 11) is -3.18. The Bertz CT molecular complexity index is 655. The summed E-state index contributed by atoms with van der Waals surface area (Å²) in [6, 6.07) is 1.20. The summed E-state index contributed by atoms with van der Waals surface area (Å²) >= 11 is 0. The molecule has 1 saturated heterocycles. The first-order valence-corrected chi connectivity index (χ1v) is 8.04. The average Bonchev–Trinajstić information content (AvgIpc) is 2.36. The zero-order valence-corrected chi connectivity index (χ0v) is 12.1. The number of carbonyl (C=O) groups excluding carboxylic acids is 1. The smallest absolute Gasteiger partial charge is 0.254 e. The van der Waals surface area contributed by atoms with Gasteiger partial charge < -0.3 is 10.3 Å². The number of nitrogens with two attached hydrogens (primary N) is 1. The van der Waals surface area contributed by atoms with Gasteiger partial charge in [0.15, 0.2) is 21.5 Å². The zero-order chi connectivity index (χ0) is 15.8. The minimum absolute atomic E-state index is 0.00244. The Labute approximate surface area is 120 Å². The number of nitrogens with zero attached hydrogens (tertiary/aromatic N) is 1. The fourth-order valence-electron chi connectivity index (χ4n) is 2.30. The van der Waals surface area contributed by atoms with Crippen LogP contribution >= 0.6 is 0 Å². The lowest BCUT2D eigenvalue weighted by molar-refractivity contribution is 0.0711. The van der Waals surface area contributed by atoms with Crippen LogP contribution in [0.1, 0.15) is 17.3 Å². The molecule has 9 heteroatoms. The third kappa shape index (κ3) is 3.13. The van der Waals surface area contributed by atoms with Gasteiger partial charge in [-0.15, -0.1) is 0 Å². The second-order valence-electron chi connectivity index (χ2n) is 4.92. The Morgan fingerprint density at radius 3 is 2.43 bits per heavy atom. The van der Waals surface area contributed by atoms with Crippen LogP contribution in [0.2, 0.25) is 0 Å². The normalized spacial score (nSPS) is 21.1. The van der Waals surface area contributed by atoms with Crippen LogP contribution in [0, 0.1) is 11.6 Å². The number of hydrogen-bond donors (Lipinski definition) is 2. The maximum atomic E-state index is 13.6. The lowest BCUT2D eigenvalue weighted by Crippen LogP contribution is -2.49. The Kier molecular flexibility index (Phi) is 4.15. The van der Waals surface area contributed by atoms with Crippen molar-refractivity contribution < 1.29 is 22.0 Å². The van der Waals surface area contributed by atoms with Gasteiger partial charge in [0.25, 0.3) is 5.91 Å². The quantitative estimate of drug-likeness (QED) is 0.612. The van der Waals surface area contributed by atoms with E-state index in [2.05, 4.69) is 0 Å². The number of hydrogen-bond acceptors (Lipinski definition) is 5. The van der Waals surface area contributed by atoms with Gasteiger partial charge in [-0.1, -0.05) is 0 Å². The summed E-state index contributed by atoms with van der Waals surface area (Å²) in [4.78, 5) is 13.6. The number of benzene rings is 1. The number of hydrazine groups is 1. The van der Waals surface area contributed by atoms with Crippen molar-refractivity contribution in [3.8, 4) is 0 Å². The first-order valence-electron chi connectivity index (χ1n) is 6.22. The number of amides is 1. The molecule has 0 saturated carbocycles. The van der Waals surface area contributed by atoms with Crippen LogP contribution in [0.4, 0.5) is 14.5 Å². The molecule has 1 aliphatic heterocycles. The number of anilines is 1. The molecule has 1 fully saturated rings. The molecule has 6 nitrogen and oxygen atoms in total. The van der Waals surface area contributed by atoms with Gasteiger partial charge in [-0.3, -0.25) is 10.6 Å². The van der Waals surface area contributed by atoms with Gasteiger partial charge in [0.2, 0.25) is 0 Å². The van der Waals surface area contributed by atoms with Crippen molar-refractivity contribution in [2.24, 2.45) is 5.84 Å². The first kappa shape index (κ1) is 15.6. The fraction of sp³-hybridized carbons (Fsp3) is 0.417. The molecule has 1 unspecified atom stereocenters. The third-order valence-corrected chi connectivity index (χ3v) is 5.16. The van der Waals surface area contributed by atoms with E-state index in [9.17, 15) is 22.0 Å². The topological polar surface area (TPSA) is 92.5 Å². The monoisotopic (exact) mass is 319 g/mol. The SMILES string of the molecule is CC1CS(=O)(=O)CCN1C(=O)c1cc(F)c(NN)c(F)c1. The number of rotatable bonds is 2. The van der Waals surface area contributed by atoms with Crippen molar-refractivity contribution in [1.29, 1.82) is 0 Å². The largest absolute Gasteiger partial charge is 0.334 e. The second-order valence-corrected chi connectivity index (χ2v) is 7.15. The van der Waals surface area contributed by atoms with Crippen LogP contribution in [0.15, 0.2) is 12.1 Å². The molecule has 0 spiro atoms. The summed E-state index contributed by atoms with van der Waals surface area (Å²) in [6.45, 7) is 1.58. The highest BCUT2D eigenvalue weighted by Crippen LogP contribution is 2.22. The predicted molar refractivity (Wildman–Crippen MR) is 73.3 cm³/mol. The van der Waals surface area contributed by atoms with Crippen molar-refractivity contribution in [3.63, 3.8) is 0 Å². The van der Waals surface area contributed by atoms with Crippen LogP contribution < -0.4 is 11.3 Å². The number of nitrogen functional groups attached to an aromatic ring is 1. The van der Waals surface area contributed by atoms with E-state index in [1.807, 2.05) is 5.43 Å². The Morgan fingerprint density at radius 1 is 1.38 bits per heavy atom. The van der Waals surface area contributed by atoms with Crippen LogP contribution in [0.3, 0.4) is 0 Å². The Balaban J connectivity index is 2.29. The van der Waals surface area contributed by atoms with Crippen LogP contribution in [0.5, 0.6) is 0 Å². The van der Waals surface area contributed by atoms with Gasteiger partial charge in [-0.2, -0.15) is 0 Å². The first-order chi connectivity index (χ1) is 9.75. The van der Waals surface area contributed by atoms with E-state index in [1.54, 1.807) is 6.92 Å². The molecule has 0 aromatic heterocycles. The number of carbonyl (C=O) groups is 1. The molecule has 1 heterocycles. The summed E-state index contributed by atoms with van der Waals surface area (Å²) in [5, 5.41) is 0. The summed E-state index contributed by atoms with van der Waals surface area (Å²) < 4.78 is 50.2. The van der Waals surface area contributed by atoms with Gasteiger partial charge in [0.1, 0.15) is 5.69 Å². The van der Waals surface area contributed by atoms with Crippen molar-refractivity contribution in [2.45, 2.75) is 13.0 Å². The molecule has 1 aromatic carbocycles. The van der Waals surface area contributed by atoms with Crippen LogP contribution in [0.25, 0.3) is 0 Å². The number of sulfone groups is 1. The van der Waals surface area contributed by atoms with Gasteiger partial charge in [0, 0.05) is 18.2 Å². The van der Waals surface area contributed by atoms with E-state index in [1.165, 1.54) is 4.90 Å². The molecule has 2 rings (SSSR count). The van der Waals surface area contributed by atoms with E-state index in [0.717, 1.165) is 12.1 Å². The van der Waals surface area contributed by atoms with Crippen molar-refractivity contribution in [2.75, 3.05) is 23.5 Å². The summed E-state index contributed by atoms with van der Waals surface area (Å²) in [6.07, 6.45) is 0. The van der Waals surface area contributed by atoms with E-state index in [0.29, 0.717) is 0 Å². The minimum Gasteiger partial charge on any atom is -0.334 e. The molecule has 0 radical (unpaired) electrons. The van der Waals surface area contributed by atoms with Gasteiger partial charge in [-0.25, -0.2) is 17.2 Å². The molecular formula is C12H15F2N3O3S. The van der Waals surface area contributed by atoms with Crippen LogP contribution in [-0.4, -0.2) is 43.3 Å². The lowest BCUT2D eigenvalue weighted by atomic mass is 10.1.